The van der Waals surface area contributed by atoms with Crippen LogP contribution in [0, 0.1) is 20.8 Å². The smallest absolute Gasteiger partial charge is 0.173 e. The molecule has 5 heteroatoms. The van der Waals surface area contributed by atoms with Gasteiger partial charge in [0.05, 0.1) is 11.7 Å². The van der Waals surface area contributed by atoms with E-state index >= 15 is 0 Å². The fourth-order valence-corrected chi connectivity index (χ4v) is 2.26. The van der Waals surface area contributed by atoms with Gasteiger partial charge in [-0.2, -0.15) is 4.68 Å². The van der Waals surface area contributed by atoms with E-state index in [1.54, 1.807) is 0 Å². The van der Waals surface area contributed by atoms with Crippen LogP contribution in [0.2, 0.25) is 0 Å². The summed E-state index contributed by atoms with van der Waals surface area (Å²) in [6, 6.07) is 4.41. The molecule has 5 nitrogen and oxygen atoms in total. The van der Waals surface area contributed by atoms with E-state index in [9.17, 15) is 0 Å². The van der Waals surface area contributed by atoms with Crippen molar-refractivity contribution >= 4 is 0 Å². The van der Waals surface area contributed by atoms with Gasteiger partial charge in [-0.05, 0) is 56.3 Å². The molecule has 0 fully saturated rings. The Labute approximate surface area is 107 Å². The van der Waals surface area contributed by atoms with Crippen molar-refractivity contribution in [3.8, 4) is 5.69 Å². The van der Waals surface area contributed by atoms with Gasteiger partial charge in [0, 0.05) is 0 Å². The van der Waals surface area contributed by atoms with E-state index < -0.39 is 0 Å². The minimum absolute atomic E-state index is 0.111. The van der Waals surface area contributed by atoms with Crippen LogP contribution in [0.5, 0.6) is 0 Å². The van der Waals surface area contributed by atoms with Crippen LogP contribution < -0.4 is 5.32 Å². The molecule has 0 amide bonds. The Morgan fingerprint density at radius 2 is 1.78 bits per heavy atom. The summed E-state index contributed by atoms with van der Waals surface area (Å²) in [5, 5.41) is 15.2. The third-order valence-corrected chi connectivity index (χ3v) is 3.16. The summed E-state index contributed by atoms with van der Waals surface area (Å²) >= 11 is 0. The first kappa shape index (κ1) is 12.7. The molecule has 0 spiro atoms. The molecule has 1 unspecified atom stereocenters. The maximum absolute atomic E-state index is 4.12. The number of benzene rings is 1. The molecule has 0 saturated carbocycles. The van der Waals surface area contributed by atoms with Crippen molar-refractivity contribution < 1.29 is 0 Å². The molecule has 2 rings (SSSR count). The number of tetrazole rings is 1. The summed E-state index contributed by atoms with van der Waals surface area (Å²) in [5.74, 6) is 0.826. The highest BCUT2D eigenvalue weighted by Crippen LogP contribution is 2.22. The number of hydrogen-bond acceptors (Lipinski definition) is 4. The molecule has 1 heterocycles. The molecular formula is C13H19N5. The van der Waals surface area contributed by atoms with Gasteiger partial charge in [0.2, 0.25) is 0 Å². The van der Waals surface area contributed by atoms with E-state index in [1.165, 1.54) is 16.7 Å². The molecule has 0 radical (unpaired) electrons. The highest BCUT2D eigenvalue weighted by molar-refractivity contribution is 5.49. The molecule has 0 aliphatic carbocycles. The Morgan fingerprint density at radius 3 is 2.33 bits per heavy atom. The fourth-order valence-electron chi connectivity index (χ4n) is 2.26. The third-order valence-electron chi connectivity index (χ3n) is 3.16. The highest BCUT2D eigenvalue weighted by atomic mass is 15.5. The number of aromatic nitrogens is 4. The molecule has 18 heavy (non-hydrogen) atoms. The zero-order chi connectivity index (χ0) is 13.3. The van der Waals surface area contributed by atoms with Gasteiger partial charge in [0.15, 0.2) is 5.82 Å². The monoisotopic (exact) mass is 245 g/mol. The number of hydrogen-bond donors (Lipinski definition) is 1. The number of nitrogens with one attached hydrogen (secondary N) is 1. The third kappa shape index (κ3) is 2.13. The summed E-state index contributed by atoms with van der Waals surface area (Å²) in [6.45, 7) is 8.32. The first-order valence-corrected chi connectivity index (χ1v) is 6.08. The van der Waals surface area contributed by atoms with Crippen LogP contribution in [-0.2, 0) is 0 Å². The Bertz CT molecular complexity index is 535. The van der Waals surface area contributed by atoms with Gasteiger partial charge in [-0.3, -0.25) is 0 Å². The molecular weight excluding hydrogens is 226 g/mol. The predicted molar refractivity (Wildman–Crippen MR) is 70.8 cm³/mol. The van der Waals surface area contributed by atoms with Crippen LogP contribution >= 0.6 is 0 Å². The van der Waals surface area contributed by atoms with Crippen LogP contribution in [0.25, 0.3) is 5.69 Å². The van der Waals surface area contributed by atoms with Gasteiger partial charge in [0.25, 0.3) is 0 Å². The van der Waals surface area contributed by atoms with Gasteiger partial charge in [0.1, 0.15) is 0 Å². The van der Waals surface area contributed by atoms with E-state index in [-0.39, 0.29) is 6.04 Å². The van der Waals surface area contributed by atoms with Crippen molar-refractivity contribution in [1.29, 1.82) is 0 Å². The molecule has 0 aliphatic heterocycles. The topological polar surface area (TPSA) is 55.6 Å². The standard InChI is InChI=1S/C13H19N5/c1-8-6-9(2)12(10(3)7-8)18-13(11(4)14-5)15-16-17-18/h6-7,11,14H,1-5H3. The molecule has 0 bridgehead atoms. The lowest BCUT2D eigenvalue weighted by Crippen LogP contribution is -2.18. The lowest BCUT2D eigenvalue weighted by Gasteiger charge is -2.15. The first-order chi connectivity index (χ1) is 8.54. The van der Waals surface area contributed by atoms with Crippen LogP contribution in [0.3, 0.4) is 0 Å². The van der Waals surface area contributed by atoms with E-state index in [0.29, 0.717) is 0 Å². The summed E-state index contributed by atoms with van der Waals surface area (Å²) in [7, 11) is 1.90. The summed E-state index contributed by atoms with van der Waals surface area (Å²) < 4.78 is 1.82. The molecule has 1 N–H and O–H groups in total. The number of nitrogens with zero attached hydrogens (tertiary/aromatic N) is 4. The van der Waals surface area contributed by atoms with E-state index in [2.05, 4.69) is 53.7 Å². The fraction of sp³-hybridized carbons (Fsp3) is 0.462. The summed E-state index contributed by atoms with van der Waals surface area (Å²) in [6.07, 6.45) is 0. The van der Waals surface area contributed by atoms with E-state index in [0.717, 1.165) is 11.5 Å². The van der Waals surface area contributed by atoms with E-state index in [1.807, 2.05) is 18.7 Å². The quantitative estimate of drug-likeness (QED) is 0.897. The normalized spacial score (nSPS) is 12.7. The van der Waals surface area contributed by atoms with Gasteiger partial charge in [-0.1, -0.05) is 17.7 Å². The molecule has 0 aliphatic rings. The van der Waals surface area contributed by atoms with Crippen molar-refractivity contribution in [1.82, 2.24) is 25.5 Å². The largest absolute Gasteiger partial charge is 0.311 e. The van der Waals surface area contributed by atoms with Crippen LogP contribution in [-0.4, -0.2) is 27.3 Å². The van der Waals surface area contributed by atoms with Gasteiger partial charge < -0.3 is 5.32 Å². The molecule has 1 aromatic heterocycles. The highest BCUT2D eigenvalue weighted by Gasteiger charge is 2.17. The molecule has 96 valence electrons. The van der Waals surface area contributed by atoms with Crippen molar-refractivity contribution in [3.05, 3.63) is 34.6 Å². The van der Waals surface area contributed by atoms with Crippen LogP contribution in [0.4, 0.5) is 0 Å². The molecule has 0 saturated heterocycles. The molecule has 2 aromatic rings. The zero-order valence-corrected chi connectivity index (χ0v) is 11.5. The van der Waals surface area contributed by atoms with Crippen molar-refractivity contribution in [2.24, 2.45) is 0 Å². The van der Waals surface area contributed by atoms with Crippen molar-refractivity contribution in [2.45, 2.75) is 33.7 Å². The van der Waals surface area contributed by atoms with Gasteiger partial charge in [-0.25, -0.2) is 0 Å². The minimum atomic E-state index is 0.111. The average molecular weight is 245 g/mol. The molecule has 1 aromatic carbocycles. The Balaban J connectivity index is 2.59. The van der Waals surface area contributed by atoms with Crippen LogP contribution in [0.15, 0.2) is 12.1 Å². The van der Waals surface area contributed by atoms with Gasteiger partial charge in [-0.15, -0.1) is 5.10 Å². The minimum Gasteiger partial charge on any atom is -0.311 e. The second-order valence-corrected chi connectivity index (χ2v) is 4.71. The van der Waals surface area contributed by atoms with Crippen LogP contribution in [0.1, 0.15) is 35.5 Å². The van der Waals surface area contributed by atoms with Crippen molar-refractivity contribution in [3.63, 3.8) is 0 Å². The Kier molecular flexibility index (Phi) is 3.43. The average Bonchev–Trinajstić information content (AvgIpc) is 2.75. The molecule has 1 atom stereocenters. The first-order valence-electron chi connectivity index (χ1n) is 6.08. The number of aryl methyl sites for hydroxylation is 3. The van der Waals surface area contributed by atoms with Crippen molar-refractivity contribution in [2.75, 3.05) is 7.05 Å². The SMILES string of the molecule is CNC(C)c1nnnn1-c1c(C)cc(C)cc1C. The lowest BCUT2D eigenvalue weighted by atomic mass is 10.1. The lowest BCUT2D eigenvalue weighted by molar-refractivity contribution is 0.587. The maximum atomic E-state index is 4.12. The Hall–Kier alpha value is -1.75. The zero-order valence-electron chi connectivity index (χ0n) is 11.5. The van der Waals surface area contributed by atoms with Gasteiger partial charge >= 0.3 is 0 Å². The predicted octanol–water partition coefficient (Wildman–Crippen LogP) is 1.87. The summed E-state index contributed by atoms with van der Waals surface area (Å²) in [4.78, 5) is 0. The number of rotatable bonds is 3. The second kappa shape index (κ2) is 4.86. The van der Waals surface area contributed by atoms with E-state index in [4.69, 9.17) is 0 Å². The Morgan fingerprint density at radius 1 is 1.17 bits per heavy atom. The second-order valence-electron chi connectivity index (χ2n) is 4.71. The summed E-state index contributed by atoms with van der Waals surface area (Å²) in [5.41, 5.74) is 4.70. The maximum Gasteiger partial charge on any atom is 0.173 e.